The second-order valence-electron chi connectivity index (χ2n) is 2.35. The van der Waals surface area contributed by atoms with Crippen LogP contribution in [0.25, 0.3) is 0 Å². The fourth-order valence-corrected chi connectivity index (χ4v) is 0.733. The second-order valence-corrected chi connectivity index (χ2v) is 2.35. The Bertz CT molecular complexity index is 343. The summed E-state index contributed by atoms with van der Waals surface area (Å²) < 4.78 is 0. The predicted molar refractivity (Wildman–Crippen MR) is 54.1 cm³/mol. The topological polar surface area (TPSA) is 87.0 Å². The molecule has 1 aromatic rings. The molecule has 0 aromatic carbocycles. The first kappa shape index (κ1) is 11.0. The van der Waals surface area contributed by atoms with Crippen LogP contribution in [0, 0.1) is 0 Å². The molecule has 7 heteroatoms. The summed E-state index contributed by atoms with van der Waals surface area (Å²) in [6.07, 6.45) is 3.30. The molecule has 7 nitrogen and oxygen atoms in total. The molecule has 0 saturated heterocycles. The van der Waals surface area contributed by atoms with Gasteiger partial charge in [-0.2, -0.15) is 30.7 Å². The maximum atomic E-state index is 3.90. The zero-order chi connectivity index (χ0) is 10.8. The van der Waals surface area contributed by atoms with Crippen LogP contribution >= 0.6 is 0 Å². The van der Waals surface area contributed by atoms with Gasteiger partial charge in [0.05, 0.1) is 5.69 Å². The fraction of sp³-hybridized carbons (Fsp3) is 0.375. The molecule has 1 aromatic heterocycles. The zero-order valence-corrected chi connectivity index (χ0v) is 8.35. The van der Waals surface area contributed by atoms with Gasteiger partial charge in [-0.25, -0.2) is 0 Å². The summed E-state index contributed by atoms with van der Waals surface area (Å²) in [5.74, 6) is 0. The molecule has 78 valence electrons. The van der Waals surface area contributed by atoms with Gasteiger partial charge in [0.2, 0.25) is 0 Å². The molecule has 1 heterocycles. The maximum Gasteiger partial charge on any atom is 0.171 e. The van der Waals surface area contributed by atoms with Gasteiger partial charge in [0.15, 0.2) is 13.3 Å². The van der Waals surface area contributed by atoms with Crippen molar-refractivity contribution < 1.29 is 0 Å². The lowest BCUT2D eigenvalue weighted by Crippen LogP contribution is -1.73. The van der Waals surface area contributed by atoms with Gasteiger partial charge >= 0.3 is 0 Å². The van der Waals surface area contributed by atoms with Gasteiger partial charge in [0, 0.05) is 19.4 Å². The third-order valence-electron chi connectivity index (χ3n) is 1.34. The van der Waals surface area contributed by atoms with E-state index in [1.165, 1.54) is 0 Å². The molecular formula is C8H11N7. The molecule has 0 saturated carbocycles. The highest BCUT2D eigenvalue weighted by Gasteiger charge is 1.83. The highest BCUT2D eigenvalue weighted by Crippen LogP contribution is 2.08. The normalized spacial score (nSPS) is 12.1. The molecular weight excluding hydrogens is 194 g/mol. The quantitative estimate of drug-likeness (QED) is 0.679. The predicted octanol–water partition coefficient (Wildman–Crippen LogP) is 2.61. The number of hydrogen-bond acceptors (Lipinski definition) is 7. The van der Waals surface area contributed by atoms with Gasteiger partial charge in [-0.15, -0.1) is 0 Å². The molecule has 0 fully saturated rings. The molecule has 0 atom stereocenters. The van der Waals surface area contributed by atoms with Crippen LogP contribution in [0.2, 0.25) is 0 Å². The van der Waals surface area contributed by atoms with Crippen LogP contribution in [0.5, 0.6) is 0 Å². The standard InChI is InChI=1S/C8H11N7/c1-9-11-6-12-13-7-14-15-8-2-4-10-5-3-8/h2-5H,6-7H2,1H3. The van der Waals surface area contributed by atoms with E-state index >= 15 is 0 Å². The summed E-state index contributed by atoms with van der Waals surface area (Å²) >= 11 is 0. The second kappa shape index (κ2) is 7.36. The first-order chi connectivity index (χ1) is 7.43. The Morgan fingerprint density at radius 3 is 2.33 bits per heavy atom. The van der Waals surface area contributed by atoms with Crippen LogP contribution in [0.4, 0.5) is 5.69 Å². The third kappa shape index (κ3) is 5.29. The van der Waals surface area contributed by atoms with Crippen molar-refractivity contribution in [3.8, 4) is 0 Å². The Balaban J connectivity index is 2.25. The summed E-state index contributed by atoms with van der Waals surface area (Å²) in [4.78, 5) is 3.86. The van der Waals surface area contributed by atoms with Gasteiger partial charge in [-0.1, -0.05) is 0 Å². The van der Waals surface area contributed by atoms with Crippen molar-refractivity contribution in [2.45, 2.75) is 0 Å². The molecule has 0 aliphatic carbocycles. The lowest BCUT2D eigenvalue weighted by molar-refractivity contribution is 0.812. The van der Waals surface area contributed by atoms with E-state index in [-0.39, 0.29) is 13.3 Å². The number of nitrogens with zero attached hydrogens (tertiary/aromatic N) is 7. The fourth-order valence-electron chi connectivity index (χ4n) is 0.733. The van der Waals surface area contributed by atoms with E-state index < -0.39 is 0 Å². The van der Waals surface area contributed by atoms with Crippen molar-refractivity contribution in [3.05, 3.63) is 24.5 Å². The number of pyridine rings is 1. The van der Waals surface area contributed by atoms with Crippen molar-refractivity contribution in [3.63, 3.8) is 0 Å². The van der Waals surface area contributed by atoms with Crippen molar-refractivity contribution in [2.24, 2.45) is 30.7 Å². The van der Waals surface area contributed by atoms with E-state index in [2.05, 4.69) is 35.7 Å². The Hall–Kier alpha value is -2.05. The van der Waals surface area contributed by atoms with Crippen molar-refractivity contribution in [1.29, 1.82) is 0 Å². The van der Waals surface area contributed by atoms with Crippen LogP contribution in [0.15, 0.2) is 55.2 Å². The average Bonchev–Trinajstić information content (AvgIpc) is 2.29. The minimum absolute atomic E-state index is 0.196. The number of rotatable bonds is 5. The molecule has 0 aliphatic rings. The molecule has 1 rings (SSSR count). The summed E-state index contributed by atoms with van der Waals surface area (Å²) in [6.45, 7) is 0.433. The molecule has 0 aliphatic heterocycles. The van der Waals surface area contributed by atoms with Gasteiger partial charge < -0.3 is 0 Å². The van der Waals surface area contributed by atoms with Crippen LogP contribution in [-0.2, 0) is 0 Å². The summed E-state index contributed by atoms with van der Waals surface area (Å²) in [7, 11) is 1.58. The molecule has 0 N–H and O–H groups in total. The number of hydrogen-bond donors (Lipinski definition) is 0. The van der Waals surface area contributed by atoms with E-state index in [1.54, 1.807) is 31.6 Å². The summed E-state index contributed by atoms with van der Waals surface area (Å²) in [6, 6.07) is 3.51. The zero-order valence-electron chi connectivity index (χ0n) is 8.35. The first-order valence-electron chi connectivity index (χ1n) is 4.30. The minimum atomic E-state index is 0.196. The smallest absolute Gasteiger partial charge is 0.171 e. The van der Waals surface area contributed by atoms with Gasteiger partial charge in [-0.05, 0) is 12.1 Å². The third-order valence-corrected chi connectivity index (χ3v) is 1.34. The minimum Gasteiger partial charge on any atom is -0.265 e. The van der Waals surface area contributed by atoms with E-state index in [0.717, 1.165) is 5.69 Å². The number of azo groups is 3. The molecule has 0 spiro atoms. The molecule has 0 bridgehead atoms. The van der Waals surface area contributed by atoms with E-state index in [1.807, 2.05) is 0 Å². The van der Waals surface area contributed by atoms with Crippen molar-refractivity contribution >= 4 is 5.69 Å². The Morgan fingerprint density at radius 2 is 1.67 bits per heavy atom. The average molecular weight is 205 g/mol. The van der Waals surface area contributed by atoms with Gasteiger partial charge in [0.1, 0.15) is 0 Å². The highest BCUT2D eigenvalue weighted by atomic mass is 15.3. The highest BCUT2D eigenvalue weighted by molar-refractivity contribution is 5.32. The van der Waals surface area contributed by atoms with Gasteiger partial charge in [-0.3, -0.25) is 4.98 Å². The summed E-state index contributed by atoms with van der Waals surface area (Å²) in [5.41, 5.74) is 0.744. The number of aromatic nitrogens is 1. The lowest BCUT2D eigenvalue weighted by Gasteiger charge is -1.87. The van der Waals surface area contributed by atoms with Crippen molar-refractivity contribution in [2.75, 3.05) is 20.4 Å². The largest absolute Gasteiger partial charge is 0.265 e. The Morgan fingerprint density at radius 1 is 1.00 bits per heavy atom. The molecule has 15 heavy (non-hydrogen) atoms. The molecule has 0 unspecified atom stereocenters. The maximum absolute atomic E-state index is 3.90. The first-order valence-corrected chi connectivity index (χ1v) is 4.30. The van der Waals surface area contributed by atoms with Crippen molar-refractivity contribution in [1.82, 2.24) is 4.98 Å². The Kier molecular flexibility index (Phi) is 5.41. The van der Waals surface area contributed by atoms with Crippen LogP contribution in [0.1, 0.15) is 0 Å². The Labute approximate surface area is 87.1 Å². The van der Waals surface area contributed by atoms with E-state index in [9.17, 15) is 0 Å². The monoisotopic (exact) mass is 205 g/mol. The lowest BCUT2D eigenvalue weighted by atomic mass is 10.4. The van der Waals surface area contributed by atoms with Crippen LogP contribution in [-0.4, -0.2) is 25.4 Å². The van der Waals surface area contributed by atoms with Crippen LogP contribution < -0.4 is 0 Å². The van der Waals surface area contributed by atoms with Gasteiger partial charge in [0.25, 0.3) is 0 Å². The summed E-state index contributed by atoms with van der Waals surface area (Å²) in [5, 5.41) is 22.2. The SMILES string of the molecule is CN=NCN=NCN=Nc1ccncc1. The van der Waals surface area contributed by atoms with E-state index in [4.69, 9.17) is 0 Å². The molecule has 0 radical (unpaired) electrons. The van der Waals surface area contributed by atoms with Crippen LogP contribution in [0.3, 0.4) is 0 Å². The molecule has 0 amide bonds. The van der Waals surface area contributed by atoms with E-state index in [0.29, 0.717) is 0 Å².